The van der Waals surface area contributed by atoms with Crippen molar-refractivity contribution in [3.8, 4) is 0 Å². The minimum Gasteiger partial charge on any atom is -0.394 e. The van der Waals surface area contributed by atoms with Crippen LogP contribution >= 0.6 is 22.6 Å². The number of hydrogen-bond donors (Lipinski definition) is 3. The van der Waals surface area contributed by atoms with Gasteiger partial charge in [0.2, 0.25) is 11.7 Å². The Labute approximate surface area is 169 Å². The van der Waals surface area contributed by atoms with Gasteiger partial charge in [0.05, 0.1) is 6.61 Å². The number of halogens is 6. The highest BCUT2D eigenvalue weighted by Gasteiger charge is 2.31. The number of amides is 2. The molecular formula is C17H12F5IN2O3. The van der Waals surface area contributed by atoms with Crippen LogP contribution in [0.5, 0.6) is 0 Å². The molecule has 0 aromatic heterocycles. The van der Waals surface area contributed by atoms with Gasteiger partial charge in [0.1, 0.15) is 11.6 Å². The van der Waals surface area contributed by atoms with Gasteiger partial charge in [0, 0.05) is 10.1 Å². The summed E-state index contributed by atoms with van der Waals surface area (Å²) in [6.45, 7) is -0.954. The van der Waals surface area contributed by atoms with E-state index >= 15 is 0 Å². The molecule has 0 aliphatic heterocycles. The van der Waals surface area contributed by atoms with E-state index in [2.05, 4.69) is 27.9 Å². The van der Waals surface area contributed by atoms with Crippen molar-refractivity contribution in [3.05, 3.63) is 68.0 Å². The average Bonchev–Trinajstić information content (AvgIpc) is 2.67. The molecule has 2 aromatic rings. The van der Waals surface area contributed by atoms with Crippen LogP contribution in [0.4, 0.5) is 22.0 Å². The summed E-state index contributed by atoms with van der Waals surface area (Å²) in [7, 11) is 0. The minimum atomic E-state index is -2.42. The second-order valence-electron chi connectivity index (χ2n) is 5.50. The third-order valence-corrected chi connectivity index (χ3v) is 4.27. The third kappa shape index (κ3) is 4.76. The SMILES string of the molecule is O=C(NC(CO)C(=O)NCc1cccc(I)c1)c1c(F)c(F)c(F)c(F)c1F. The Hall–Kier alpha value is -2.28. The number of aliphatic hydroxyl groups excluding tert-OH is 1. The summed E-state index contributed by atoms with van der Waals surface area (Å²) in [4.78, 5) is 24.0. The van der Waals surface area contributed by atoms with Gasteiger partial charge in [-0.15, -0.1) is 0 Å². The van der Waals surface area contributed by atoms with Crippen LogP contribution in [0.1, 0.15) is 15.9 Å². The zero-order chi connectivity index (χ0) is 21.0. The number of hydrogen-bond acceptors (Lipinski definition) is 3. The molecule has 5 nitrogen and oxygen atoms in total. The van der Waals surface area contributed by atoms with Crippen LogP contribution in [0, 0.1) is 32.7 Å². The molecule has 0 aliphatic carbocycles. The Kier molecular flexibility index (Phi) is 7.29. The van der Waals surface area contributed by atoms with Gasteiger partial charge in [-0.05, 0) is 40.3 Å². The van der Waals surface area contributed by atoms with Crippen LogP contribution in [0.3, 0.4) is 0 Å². The van der Waals surface area contributed by atoms with Crippen molar-refractivity contribution in [2.75, 3.05) is 6.61 Å². The predicted octanol–water partition coefficient (Wildman–Crippen LogP) is 2.39. The summed E-state index contributed by atoms with van der Waals surface area (Å²) in [5, 5.41) is 13.4. The average molecular weight is 514 g/mol. The molecule has 11 heteroatoms. The van der Waals surface area contributed by atoms with E-state index in [0.29, 0.717) is 5.56 Å². The first-order chi connectivity index (χ1) is 13.2. The van der Waals surface area contributed by atoms with Crippen molar-refractivity contribution in [2.24, 2.45) is 0 Å². The maximum absolute atomic E-state index is 13.7. The minimum absolute atomic E-state index is 0.0184. The first-order valence-corrected chi connectivity index (χ1v) is 8.70. The molecule has 150 valence electrons. The molecule has 1 atom stereocenters. The lowest BCUT2D eigenvalue weighted by atomic mass is 10.1. The highest BCUT2D eigenvalue weighted by Crippen LogP contribution is 2.23. The highest BCUT2D eigenvalue weighted by molar-refractivity contribution is 14.1. The van der Waals surface area contributed by atoms with Crippen LogP contribution in [0.15, 0.2) is 24.3 Å². The quantitative estimate of drug-likeness (QED) is 0.240. The highest BCUT2D eigenvalue weighted by atomic mass is 127. The number of carbonyl (C=O) groups is 2. The summed E-state index contributed by atoms with van der Waals surface area (Å²) in [5.74, 6) is -14.4. The van der Waals surface area contributed by atoms with E-state index in [1.165, 1.54) is 0 Å². The Morgan fingerprint density at radius 2 is 1.57 bits per heavy atom. The van der Waals surface area contributed by atoms with E-state index in [-0.39, 0.29) is 6.54 Å². The van der Waals surface area contributed by atoms with Crippen LogP contribution in [0.25, 0.3) is 0 Å². The molecule has 3 N–H and O–H groups in total. The van der Waals surface area contributed by atoms with Gasteiger partial charge < -0.3 is 15.7 Å². The predicted molar refractivity (Wildman–Crippen MR) is 95.6 cm³/mol. The Morgan fingerprint density at radius 3 is 2.11 bits per heavy atom. The van der Waals surface area contributed by atoms with Crippen molar-refractivity contribution in [1.29, 1.82) is 0 Å². The van der Waals surface area contributed by atoms with Crippen LogP contribution in [-0.4, -0.2) is 29.6 Å². The molecule has 2 amide bonds. The summed E-state index contributed by atoms with van der Waals surface area (Å²) < 4.78 is 67.7. The Bertz CT molecular complexity index is 897. The molecule has 0 saturated heterocycles. The summed E-state index contributed by atoms with van der Waals surface area (Å²) in [6.07, 6.45) is 0. The number of nitrogens with one attached hydrogen (secondary N) is 2. The third-order valence-electron chi connectivity index (χ3n) is 3.60. The van der Waals surface area contributed by atoms with E-state index in [4.69, 9.17) is 0 Å². The van der Waals surface area contributed by atoms with Crippen molar-refractivity contribution in [1.82, 2.24) is 10.6 Å². The number of aliphatic hydroxyl groups is 1. The fourth-order valence-corrected chi connectivity index (χ4v) is 2.80. The second-order valence-corrected chi connectivity index (χ2v) is 6.75. The van der Waals surface area contributed by atoms with E-state index in [9.17, 15) is 36.6 Å². The van der Waals surface area contributed by atoms with E-state index < -0.39 is 59.1 Å². The molecule has 0 heterocycles. The molecule has 0 fully saturated rings. The summed E-state index contributed by atoms with van der Waals surface area (Å²) >= 11 is 2.05. The van der Waals surface area contributed by atoms with Crippen molar-refractivity contribution in [2.45, 2.75) is 12.6 Å². The number of carbonyl (C=O) groups excluding carboxylic acids is 2. The monoisotopic (exact) mass is 514 g/mol. The maximum Gasteiger partial charge on any atom is 0.258 e. The second kappa shape index (κ2) is 9.28. The molecule has 0 bridgehead atoms. The van der Waals surface area contributed by atoms with Gasteiger partial charge in [-0.2, -0.15) is 0 Å². The molecule has 28 heavy (non-hydrogen) atoms. The Morgan fingerprint density at radius 1 is 1.00 bits per heavy atom. The molecule has 0 saturated carbocycles. The van der Waals surface area contributed by atoms with Crippen LogP contribution in [-0.2, 0) is 11.3 Å². The molecule has 2 aromatic carbocycles. The largest absolute Gasteiger partial charge is 0.394 e. The van der Waals surface area contributed by atoms with E-state index in [1.54, 1.807) is 23.5 Å². The topological polar surface area (TPSA) is 78.4 Å². The number of benzene rings is 2. The van der Waals surface area contributed by atoms with Crippen molar-refractivity contribution < 1.29 is 36.6 Å². The smallest absolute Gasteiger partial charge is 0.258 e. The van der Waals surface area contributed by atoms with Gasteiger partial charge in [0.15, 0.2) is 23.3 Å². The molecule has 0 spiro atoms. The van der Waals surface area contributed by atoms with E-state index in [1.807, 2.05) is 6.07 Å². The van der Waals surface area contributed by atoms with Gasteiger partial charge in [-0.3, -0.25) is 9.59 Å². The van der Waals surface area contributed by atoms with Crippen LogP contribution < -0.4 is 10.6 Å². The molecule has 1 unspecified atom stereocenters. The molecule has 0 aliphatic rings. The normalized spacial score (nSPS) is 11.8. The molecular weight excluding hydrogens is 502 g/mol. The van der Waals surface area contributed by atoms with Gasteiger partial charge in [0.25, 0.3) is 5.91 Å². The maximum atomic E-state index is 13.7. The fourth-order valence-electron chi connectivity index (χ4n) is 2.19. The van der Waals surface area contributed by atoms with Crippen molar-refractivity contribution in [3.63, 3.8) is 0 Å². The Balaban J connectivity index is 2.14. The summed E-state index contributed by atoms with van der Waals surface area (Å²) in [5.41, 5.74) is -1.05. The van der Waals surface area contributed by atoms with Gasteiger partial charge in [-0.25, -0.2) is 22.0 Å². The summed E-state index contributed by atoms with van der Waals surface area (Å²) in [6, 6.07) is 5.32. The van der Waals surface area contributed by atoms with Gasteiger partial charge in [-0.1, -0.05) is 12.1 Å². The first-order valence-electron chi connectivity index (χ1n) is 7.62. The van der Waals surface area contributed by atoms with Crippen LogP contribution in [0.2, 0.25) is 0 Å². The van der Waals surface area contributed by atoms with Gasteiger partial charge >= 0.3 is 0 Å². The first kappa shape index (κ1) is 22.0. The lowest BCUT2D eigenvalue weighted by Crippen LogP contribution is -2.49. The zero-order valence-electron chi connectivity index (χ0n) is 13.8. The molecule has 2 rings (SSSR count). The standard InChI is InChI=1S/C17H12F5IN2O3/c18-11-10(12(19)14(21)15(22)13(11)20)17(28)25-9(6-26)16(27)24-5-7-2-1-3-8(23)4-7/h1-4,9,26H,5-6H2,(H,24,27)(H,25,28). The molecule has 0 radical (unpaired) electrons. The lowest BCUT2D eigenvalue weighted by molar-refractivity contribution is -0.124. The van der Waals surface area contributed by atoms with Crippen molar-refractivity contribution >= 4 is 34.4 Å². The van der Waals surface area contributed by atoms with E-state index in [0.717, 1.165) is 3.57 Å². The zero-order valence-corrected chi connectivity index (χ0v) is 16.0. The fraction of sp³-hybridized carbons (Fsp3) is 0.176. The number of rotatable bonds is 6. The lowest BCUT2D eigenvalue weighted by Gasteiger charge is -2.17.